The molecule has 0 bridgehead atoms. The Labute approximate surface area is 129 Å². The van der Waals surface area contributed by atoms with E-state index in [0.717, 1.165) is 51.7 Å². The monoisotopic (exact) mass is 296 g/mol. The highest BCUT2D eigenvalue weighted by molar-refractivity contribution is 5.76. The predicted octanol–water partition coefficient (Wildman–Crippen LogP) is 2.16. The summed E-state index contributed by atoms with van der Waals surface area (Å²) in [5.41, 5.74) is 0.0742. The molecule has 1 saturated heterocycles. The molecule has 1 aliphatic heterocycles. The second-order valence-corrected chi connectivity index (χ2v) is 8.06. The van der Waals surface area contributed by atoms with Crippen LogP contribution in [0.1, 0.15) is 59.3 Å². The summed E-state index contributed by atoms with van der Waals surface area (Å²) in [5.74, 6) is 0.734. The van der Waals surface area contributed by atoms with E-state index in [4.69, 9.17) is 0 Å². The first kappa shape index (κ1) is 16.8. The smallest absolute Gasteiger partial charge is 0.223 e. The topological polar surface area (TPSA) is 52.6 Å². The van der Waals surface area contributed by atoms with E-state index in [9.17, 15) is 9.90 Å². The van der Waals surface area contributed by atoms with Gasteiger partial charge in [0.2, 0.25) is 5.91 Å². The van der Waals surface area contributed by atoms with Gasteiger partial charge in [-0.1, -0.05) is 27.2 Å². The Morgan fingerprint density at radius 1 is 1.19 bits per heavy atom. The number of rotatable bonds is 4. The summed E-state index contributed by atoms with van der Waals surface area (Å²) >= 11 is 0. The molecule has 0 spiro atoms. The number of nitrogens with one attached hydrogen (secondary N) is 1. The van der Waals surface area contributed by atoms with Gasteiger partial charge in [-0.05, 0) is 37.0 Å². The van der Waals surface area contributed by atoms with Gasteiger partial charge in [0, 0.05) is 32.1 Å². The van der Waals surface area contributed by atoms with Crippen LogP contribution in [-0.2, 0) is 4.79 Å². The van der Waals surface area contributed by atoms with E-state index in [0.29, 0.717) is 24.3 Å². The van der Waals surface area contributed by atoms with Gasteiger partial charge in [-0.3, -0.25) is 4.79 Å². The van der Waals surface area contributed by atoms with Gasteiger partial charge in [-0.25, -0.2) is 0 Å². The number of piperidine rings is 1. The molecule has 4 heteroatoms. The van der Waals surface area contributed by atoms with Crippen molar-refractivity contribution in [3.63, 3.8) is 0 Å². The number of aliphatic hydroxyl groups is 1. The highest BCUT2D eigenvalue weighted by atomic mass is 16.3. The number of nitrogens with zero attached hydrogens (tertiary/aromatic N) is 1. The Hall–Kier alpha value is -0.610. The lowest BCUT2D eigenvalue weighted by molar-refractivity contribution is -0.134. The molecule has 2 aliphatic rings. The average Bonchev–Trinajstić information content (AvgIpc) is 2.80. The first-order chi connectivity index (χ1) is 9.85. The molecule has 2 rings (SSSR count). The lowest BCUT2D eigenvalue weighted by Gasteiger charge is -2.34. The highest BCUT2D eigenvalue weighted by Crippen LogP contribution is 2.25. The lowest BCUT2D eigenvalue weighted by atomic mass is 9.91. The van der Waals surface area contributed by atoms with Crippen LogP contribution >= 0.6 is 0 Å². The van der Waals surface area contributed by atoms with Gasteiger partial charge in [0.05, 0.1) is 6.10 Å². The van der Waals surface area contributed by atoms with Crippen LogP contribution in [0, 0.1) is 11.3 Å². The van der Waals surface area contributed by atoms with Crippen LogP contribution in [0.3, 0.4) is 0 Å². The highest BCUT2D eigenvalue weighted by Gasteiger charge is 2.28. The van der Waals surface area contributed by atoms with Crippen molar-refractivity contribution in [3.8, 4) is 0 Å². The number of amides is 1. The van der Waals surface area contributed by atoms with Crippen LogP contribution in [0.5, 0.6) is 0 Å². The van der Waals surface area contributed by atoms with Gasteiger partial charge >= 0.3 is 0 Å². The number of carbonyl (C=O) groups is 1. The maximum absolute atomic E-state index is 12.2. The first-order valence-corrected chi connectivity index (χ1v) is 8.54. The van der Waals surface area contributed by atoms with Crippen molar-refractivity contribution >= 4 is 5.91 Å². The molecule has 1 amide bonds. The van der Waals surface area contributed by atoms with E-state index in [2.05, 4.69) is 26.1 Å². The van der Waals surface area contributed by atoms with Crippen molar-refractivity contribution < 1.29 is 9.90 Å². The fourth-order valence-electron chi connectivity index (χ4n) is 3.47. The zero-order valence-electron chi connectivity index (χ0n) is 13.9. The van der Waals surface area contributed by atoms with E-state index in [1.165, 1.54) is 0 Å². The molecule has 2 fully saturated rings. The van der Waals surface area contributed by atoms with Crippen LogP contribution in [0.4, 0.5) is 0 Å². The van der Waals surface area contributed by atoms with Gasteiger partial charge in [-0.15, -0.1) is 0 Å². The van der Waals surface area contributed by atoms with Crippen molar-refractivity contribution in [3.05, 3.63) is 0 Å². The Bertz CT molecular complexity index is 343. The van der Waals surface area contributed by atoms with Crippen molar-refractivity contribution in [2.75, 3.05) is 19.6 Å². The molecule has 2 unspecified atom stereocenters. The summed E-state index contributed by atoms with van der Waals surface area (Å²) < 4.78 is 0. The van der Waals surface area contributed by atoms with Crippen molar-refractivity contribution in [1.29, 1.82) is 0 Å². The summed E-state index contributed by atoms with van der Waals surface area (Å²) in [7, 11) is 0. The molecule has 2 N–H and O–H groups in total. The fourth-order valence-corrected chi connectivity index (χ4v) is 3.47. The lowest BCUT2D eigenvalue weighted by Crippen LogP contribution is -2.46. The summed E-state index contributed by atoms with van der Waals surface area (Å²) in [6.07, 6.45) is 5.89. The van der Waals surface area contributed by atoms with Gasteiger partial charge in [-0.2, -0.15) is 0 Å². The predicted molar refractivity (Wildman–Crippen MR) is 85.0 cm³/mol. The Morgan fingerprint density at radius 3 is 2.38 bits per heavy atom. The molecule has 0 aromatic heterocycles. The van der Waals surface area contributed by atoms with E-state index in [-0.39, 0.29) is 11.5 Å². The number of carbonyl (C=O) groups excluding carboxylic acids is 1. The molecule has 4 nitrogen and oxygen atoms in total. The van der Waals surface area contributed by atoms with Crippen LogP contribution in [0.15, 0.2) is 0 Å². The zero-order valence-corrected chi connectivity index (χ0v) is 13.9. The Morgan fingerprint density at radius 2 is 1.86 bits per heavy atom. The molecule has 0 aromatic carbocycles. The summed E-state index contributed by atoms with van der Waals surface area (Å²) in [6, 6.07) is 0.511. The molecule has 1 saturated carbocycles. The molecule has 0 radical (unpaired) electrons. The second kappa shape index (κ2) is 7.10. The Balaban J connectivity index is 1.67. The molecule has 2 atom stereocenters. The van der Waals surface area contributed by atoms with Crippen LogP contribution in [0.25, 0.3) is 0 Å². The molecule has 21 heavy (non-hydrogen) atoms. The van der Waals surface area contributed by atoms with Gasteiger partial charge in [0.1, 0.15) is 0 Å². The molecular formula is C17H32N2O2. The zero-order chi connectivity index (χ0) is 15.5. The Kier molecular flexibility index (Phi) is 5.67. The standard InChI is InChI=1S/C17H32N2O2/c1-17(2,3)11-16(21)19-9-7-14(8-10-19)18-12-13-5-4-6-15(13)20/h13-15,18,20H,4-12H2,1-3H3. The second-order valence-electron chi connectivity index (χ2n) is 8.06. The number of hydrogen-bond acceptors (Lipinski definition) is 3. The summed E-state index contributed by atoms with van der Waals surface area (Å²) in [4.78, 5) is 14.2. The van der Waals surface area contributed by atoms with Crippen molar-refractivity contribution in [1.82, 2.24) is 10.2 Å². The van der Waals surface area contributed by atoms with E-state index in [1.54, 1.807) is 0 Å². The number of hydrogen-bond donors (Lipinski definition) is 2. The summed E-state index contributed by atoms with van der Waals surface area (Å²) in [6.45, 7) is 9.03. The van der Waals surface area contributed by atoms with Gasteiger partial charge in [0.25, 0.3) is 0 Å². The number of likely N-dealkylation sites (tertiary alicyclic amines) is 1. The average molecular weight is 296 g/mol. The van der Waals surface area contributed by atoms with Gasteiger partial charge in [0.15, 0.2) is 0 Å². The van der Waals surface area contributed by atoms with Crippen molar-refractivity contribution in [2.45, 2.75) is 71.4 Å². The normalized spacial score (nSPS) is 28.1. The third-order valence-electron chi connectivity index (χ3n) is 4.82. The third-order valence-corrected chi connectivity index (χ3v) is 4.82. The molecule has 1 heterocycles. The van der Waals surface area contributed by atoms with Crippen molar-refractivity contribution in [2.24, 2.45) is 11.3 Å². The first-order valence-electron chi connectivity index (χ1n) is 8.54. The minimum absolute atomic E-state index is 0.0742. The fraction of sp³-hybridized carbons (Fsp3) is 0.941. The van der Waals surface area contributed by atoms with E-state index >= 15 is 0 Å². The SMILES string of the molecule is CC(C)(C)CC(=O)N1CCC(NCC2CCCC2O)CC1. The summed E-state index contributed by atoms with van der Waals surface area (Å²) in [5, 5.41) is 13.5. The third kappa shape index (κ3) is 5.26. The molecular weight excluding hydrogens is 264 g/mol. The molecule has 1 aliphatic carbocycles. The maximum Gasteiger partial charge on any atom is 0.223 e. The van der Waals surface area contributed by atoms with E-state index < -0.39 is 0 Å². The van der Waals surface area contributed by atoms with Crippen LogP contribution < -0.4 is 5.32 Å². The largest absolute Gasteiger partial charge is 0.393 e. The van der Waals surface area contributed by atoms with Crippen LogP contribution in [-0.4, -0.2) is 47.7 Å². The van der Waals surface area contributed by atoms with Crippen LogP contribution in [0.2, 0.25) is 0 Å². The van der Waals surface area contributed by atoms with E-state index in [1.807, 2.05) is 4.90 Å². The quantitative estimate of drug-likeness (QED) is 0.836. The maximum atomic E-state index is 12.2. The molecule has 0 aromatic rings. The minimum Gasteiger partial charge on any atom is -0.393 e. The number of aliphatic hydroxyl groups excluding tert-OH is 1. The minimum atomic E-state index is -0.106. The molecule has 122 valence electrons. The van der Waals surface area contributed by atoms with Gasteiger partial charge < -0.3 is 15.3 Å².